The molecular formula is C15H14N2O6S. The van der Waals surface area contributed by atoms with E-state index in [4.69, 9.17) is 9.47 Å². The first kappa shape index (κ1) is 16.2. The molecule has 9 heteroatoms. The number of benzene rings is 2. The Morgan fingerprint density at radius 3 is 2.54 bits per heavy atom. The van der Waals surface area contributed by atoms with Crippen LogP contribution in [0, 0.1) is 10.1 Å². The Bertz CT molecular complexity index is 881. The second kappa shape index (κ2) is 6.46. The number of nitro groups is 1. The Kier molecular flexibility index (Phi) is 4.36. The lowest BCUT2D eigenvalue weighted by atomic mass is 10.2. The van der Waals surface area contributed by atoms with Crippen molar-refractivity contribution in [3.05, 3.63) is 58.1 Å². The van der Waals surface area contributed by atoms with Gasteiger partial charge in [0, 0.05) is 12.6 Å². The molecule has 0 aliphatic carbocycles. The lowest BCUT2D eigenvalue weighted by Crippen LogP contribution is -2.24. The molecule has 0 atom stereocenters. The number of para-hydroxylation sites is 1. The van der Waals surface area contributed by atoms with Gasteiger partial charge in [-0.05, 0) is 23.8 Å². The van der Waals surface area contributed by atoms with Gasteiger partial charge in [-0.3, -0.25) is 10.1 Å². The van der Waals surface area contributed by atoms with Crippen LogP contribution in [0.3, 0.4) is 0 Å². The smallest absolute Gasteiger partial charge is 0.289 e. The summed E-state index contributed by atoms with van der Waals surface area (Å²) in [5.41, 5.74) is 0.189. The second-order valence-electron chi connectivity index (χ2n) is 5.03. The summed E-state index contributed by atoms with van der Waals surface area (Å²) in [7, 11) is -4.02. The van der Waals surface area contributed by atoms with Crippen molar-refractivity contribution in [2.75, 3.05) is 13.2 Å². The van der Waals surface area contributed by atoms with Gasteiger partial charge in [0.05, 0.1) is 4.92 Å². The average molecular weight is 350 g/mol. The van der Waals surface area contributed by atoms with E-state index in [1.54, 1.807) is 18.2 Å². The molecule has 24 heavy (non-hydrogen) atoms. The van der Waals surface area contributed by atoms with Crippen molar-refractivity contribution in [1.29, 1.82) is 0 Å². The van der Waals surface area contributed by atoms with Crippen molar-refractivity contribution < 1.29 is 22.8 Å². The van der Waals surface area contributed by atoms with E-state index in [2.05, 4.69) is 4.72 Å². The van der Waals surface area contributed by atoms with Gasteiger partial charge in [0.1, 0.15) is 13.2 Å². The van der Waals surface area contributed by atoms with Gasteiger partial charge in [0.25, 0.3) is 5.69 Å². The summed E-state index contributed by atoms with van der Waals surface area (Å²) in [6.07, 6.45) is 0. The van der Waals surface area contributed by atoms with Crippen LogP contribution in [-0.4, -0.2) is 26.6 Å². The number of hydrogen-bond donors (Lipinski definition) is 1. The summed E-state index contributed by atoms with van der Waals surface area (Å²) in [6.45, 7) is 0.875. The summed E-state index contributed by atoms with van der Waals surface area (Å²) >= 11 is 0. The topological polar surface area (TPSA) is 108 Å². The molecule has 0 radical (unpaired) electrons. The SMILES string of the molecule is O=[N+]([O-])c1ccccc1S(=O)(=O)NCc1ccc2c(c1)OCCO2. The van der Waals surface area contributed by atoms with Crippen LogP contribution in [0.5, 0.6) is 11.5 Å². The molecule has 1 aliphatic rings. The molecule has 1 aliphatic heterocycles. The quantitative estimate of drug-likeness (QED) is 0.651. The molecule has 1 N–H and O–H groups in total. The van der Waals surface area contributed by atoms with Gasteiger partial charge in [-0.2, -0.15) is 0 Å². The summed E-state index contributed by atoms with van der Waals surface area (Å²) in [5, 5.41) is 11.0. The van der Waals surface area contributed by atoms with Crippen molar-refractivity contribution in [3.63, 3.8) is 0 Å². The Morgan fingerprint density at radius 2 is 1.79 bits per heavy atom. The minimum Gasteiger partial charge on any atom is -0.486 e. The number of hydrogen-bond acceptors (Lipinski definition) is 6. The molecule has 0 saturated heterocycles. The molecule has 2 aromatic carbocycles. The van der Waals surface area contributed by atoms with Crippen molar-refractivity contribution >= 4 is 15.7 Å². The fraction of sp³-hybridized carbons (Fsp3) is 0.200. The summed E-state index contributed by atoms with van der Waals surface area (Å²) in [5.74, 6) is 1.15. The van der Waals surface area contributed by atoms with E-state index in [1.165, 1.54) is 18.2 Å². The number of rotatable bonds is 5. The Balaban J connectivity index is 1.80. The van der Waals surface area contributed by atoms with E-state index in [-0.39, 0.29) is 11.4 Å². The van der Waals surface area contributed by atoms with Gasteiger partial charge < -0.3 is 9.47 Å². The molecule has 126 valence electrons. The third kappa shape index (κ3) is 3.31. The summed E-state index contributed by atoms with van der Waals surface area (Å²) in [6, 6.07) is 10.3. The predicted octanol–water partition coefficient (Wildman–Crippen LogP) is 1.84. The van der Waals surface area contributed by atoms with E-state index in [0.29, 0.717) is 30.3 Å². The second-order valence-corrected chi connectivity index (χ2v) is 6.76. The highest BCUT2D eigenvalue weighted by Gasteiger charge is 2.24. The van der Waals surface area contributed by atoms with Crippen molar-refractivity contribution in [2.24, 2.45) is 0 Å². The van der Waals surface area contributed by atoms with Crippen LogP contribution in [-0.2, 0) is 16.6 Å². The zero-order valence-corrected chi connectivity index (χ0v) is 13.3. The van der Waals surface area contributed by atoms with Crippen LogP contribution in [0.15, 0.2) is 47.4 Å². The molecule has 0 fully saturated rings. The lowest BCUT2D eigenvalue weighted by Gasteiger charge is -2.19. The molecule has 0 aromatic heterocycles. The molecule has 0 saturated carbocycles. The van der Waals surface area contributed by atoms with E-state index in [9.17, 15) is 18.5 Å². The number of nitrogens with zero attached hydrogens (tertiary/aromatic N) is 1. The third-order valence-electron chi connectivity index (χ3n) is 3.42. The van der Waals surface area contributed by atoms with Gasteiger partial charge in [-0.25, -0.2) is 13.1 Å². The first-order valence-corrected chi connectivity index (χ1v) is 8.57. The Hall–Kier alpha value is -2.65. The van der Waals surface area contributed by atoms with Crippen LogP contribution in [0.4, 0.5) is 5.69 Å². The van der Waals surface area contributed by atoms with Crippen LogP contribution < -0.4 is 14.2 Å². The molecule has 1 heterocycles. The van der Waals surface area contributed by atoms with Crippen molar-refractivity contribution in [3.8, 4) is 11.5 Å². The first-order valence-electron chi connectivity index (χ1n) is 7.09. The van der Waals surface area contributed by atoms with Crippen LogP contribution in [0.25, 0.3) is 0 Å². The van der Waals surface area contributed by atoms with Gasteiger partial charge in [-0.15, -0.1) is 0 Å². The normalized spacial score (nSPS) is 13.5. The highest BCUT2D eigenvalue weighted by molar-refractivity contribution is 7.89. The predicted molar refractivity (Wildman–Crippen MR) is 84.6 cm³/mol. The number of ether oxygens (including phenoxy) is 2. The molecule has 8 nitrogen and oxygen atoms in total. The van der Waals surface area contributed by atoms with Crippen molar-refractivity contribution in [2.45, 2.75) is 11.4 Å². The molecule has 0 bridgehead atoms. The fourth-order valence-corrected chi connectivity index (χ4v) is 3.48. The molecule has 2 aromatic rings. The number of fused-ring (bicyclic) bond motifs is 1. The number of sulfonamides is 1. The largest absolute Gasteiger partial charge is 0.486 e. The molecule has 3 rings (SSSR count). The minimum atomic E-state index is -4.02. The Morgan fingerprint density at radius 1 is 1.08 bits per heavy atom. The maximum Gasteiger partial charge on any atom is 0.289 e. The third-order valence-corrected chi connectivity index (χ3v) is 4.87. The maximum absolute atomic E-state index is 12.3. The lowest BCUT2D eigenvalue weighted by molar-refractivity contribution is -0.387. The van der Waals surface area contributed by atoms with E-state index < -0.39 is 20.6 Å². The minimum absolute atomic E-state index is 0.0228. The first-order chi connectivity index (χ1) is 11.5. The van der Waals surface area contributed by atoms with Gasteiger partial charge in [0.2, 0.25) is 10.0 Å². The van der Waals surface area contributed by atoms with Crippen LogP contribution >= 0.6 is 0 Å². The van der Waals surface area contributed by atoms with Crippen molar-refractivity contribution in [1.82, 2.24) is 4.72 Å². The maximum atomic E-state index is 12.3. The van der Waals surface area contributed by atoms with Gasteiger partial charge in [-0.1, -0.05) is 18.2 Å². The average Bonchev–Trinajstić information content (AvgIpc) is 2.60. The summed E-state index contributed by atoms with van der Waals surface area (Å²) in [4.78, 5) is 9.89. The monoisotopic (exact) mass is 350 g/mol. The molecular weight excluding hydrogens is 336 g/mol. The zero-order valence-electron chi connectivity index (χ0n) is 12.5. The van der Waals surface area contributed by atoms with Crippen LogP contribution in [0.2, 0.25) is 0 Å². The summed E-state index contributed by atoms with van der Waals surface area (Å²) < 4.78 is 37.9. The number of nitrogens with one attached hydrogen (secondary N) is 1. The van der Waals surface area contributed by atoms with Gasteiger partial charge in [0.15, 0.2) is 16.4 Å². The van der Waals surface area contributed by atoms with E-state index in [1.807, 2.05) is 0 Å². The molecule has 0 unspecified atom stereocenters. The number of nitro benzene ring substituents is 1. The Labute approximate surface area is 138 Å². The van der Waals surface area contributed by atoms with E-state index in [0.717, 1.165) is 6.07 Å². The van der Waals surface area contributed by atoms with Gasteiger partial charge >= 0.3 is 0 Å². The highest BCUT2D eigenvalue weighted by Crippen LogP contribution is 2.31. The zero-order chi connectivity index (χ0) is 17.2. The highest BCUT2D eigenvalue weighted by atomic mass is 32.2. The fourth-order valence-electron chi connectivity index (χ4n) is 2.29. The molecule has 0 amide bonds. The molecule has 0 spiro atoms. The van der Waals surface area contributed by atoms with E-state index >= 15 is 0 Å². The standard InChI is InChI=1S/C15H14N2O6S/c18-17(19)12-3-1-2-4-15(12)24(20,21)16-10-11-5-6-13-14(9-11)23-8-7-22-13/h1-6,9,16H,7-8,10H2. The van der Waals surface area contributed by atoms with Crippen LogP contribution in [0.1, 0.15) is 5.56 Å².